The van der Waals surface area contributed by atoms with Crippen LogP contribution in [0.1, 0.15) is 0 Å². The van der Waals surface area contributed by atoms with Gasteiger partial charge in [0.25, 0.3) is 0 Å². The van der Waals surface area contributed by atoms with E-state index in [9.17, 15) is 0 Å². The molecular formula is C4H8ClO. The third kappa shape index (κ3) is 4.25. The lowest BCUT2D eigenvalue weighted by Crippen LogP contribution is -2.00. The molecule has 0 amide bonds. The quantitative estimate of drug-likeness (QED) is 0.480. The summed E-state index contributed by atoms with van der Waals surface area (Å²) >= 11 is 5.34. The molecule has 1 nitrogen and oxygen atoms in total. The molecule has 0 aromatic rings. The van der Waals surface area contributed by atoms with Gasteiger partial charge in [-0.2, -0.15) is 0 Å². The lowest BCUT2D eigenvalue weighted by Gasteiger charge is -1.95. The first-order valence-electron chi connectivity index (χ1n) is 1.73. The molecule has 0 saturated carbocycles. The number of halogens is 1. The van der Waals surface area contributed by atoms with Gasteiger partial charge in [0.2, 0.25) is 0 Å². The first kappa shape index (κ1) is 6.25. The summed E-state index contributed by atoms with van der Waals surface area (Å²) in [6, 6.07) is 0. The number of rotatable bonds is 2. The van der Waals surface area contributed by atoms with Gasteiger partial charge < -0.3 is 4.74 Å². The molecule has 0 aliphatic heterocycles. The fourth-order valence-electron chi connectivity index (χ4n) is 0.181. The molecule has 6 heavy (non-hydrogen) atoms. The highest BCUT2D eigenvalue weighted by atomic mass is 35.5. The van der Waals surface area contributed by atoms with Crippen LogP contribution in [0.3, 0.4) is 0 Å². The lowest BCUT2D eigenvalue weighted by atomic mass is 10.5. The predicted octanol–water partition coefficient (Wildman–Crippen LogP) is 1.07. The molecule has 0 rings (SSSR count). The summed E-state index contributed by atoms with van der Waals surface area (Å²) in [7, 11) is 1.60. The zero-order valence-corrected chi connectivity index (χ0v) is 4.53. The van der Waals surface area contributed by atoms with Crippen molar-refractivity contribution in [3.05, 3.63) is 6.92 Å². The molecule has 0 aliphatic rings. The highest BCUT2D eigenvalue weighted by molar-refractivity contribution is 6.21. The van der Waals surface area contributed by atoms with E-state index in [1.54, 1.807) is 7.11 Å². The minimum absolute atomic E-state index is 0.102. The average molecular weight is 108 g/mol. The normalized spacial score (nSPS) is 14.5. The molecule has 0 spiro atoms. The van der Waals surface area contributed by atoms with Crippen molar-refractivity contribution >= 4 is 11.6 Å². The Bertz CT molecular complexity index is 28.7. The van der Waals surface area contributed by atoms with Crippen molar-refractivity contribution in [2.24, 2.45) is 0 Å². The monoisotopic (exact) mass is 107 g/mol. The molecule has 0 bridgehead atoms. The smallest absolute Gasteiger partial charge is 0.0626 e. The van der Waals surface area contributed by atoms with Crippen molar-refractivity contribution in [1.29, 1.82) is 0 Å². The number of alkyl halides is 1. The largest absolute Gasteiger partial charge is 0.383 e. The maximum atomic E-state index is 5.34. The summed E-state index contributed by atoms with van der Waals surface area (Å²) in [6.45, 7) is 4.00. The number of ether oxygens (including phenoxy) is 1. The van der Waals surface area contributed by atoms with Crippen molar-refractivity contribution in [3.63, 3.8) is 0 Å². The Morgan fingerprint density at radius 2 is 2.50 bits per heavy atom. The van der Waals surface area contributed by atoms with Crippen LogP contribution < -0.4 is 0 Å². The summed E-state index contributed by atoms with van der Waals surface area (Å²) < 4.78 is 4.61. The van der Waals surface area contributed by atoms with E-state index in [-0.39, 0.29) is 5.38 Å². The molecule has 0 N–H and O–H groups in total. The SMILES string of the molecule is [CH2]C(Cl)COC. The fraction of sp³-hybridized carbons (Fsp3) is 0.750. The summed E-state index contributed by atoms with van der Waals surface area (Å²) in [4.78, 5) is 0. The lowest BCUT2D eigenvalue weighted by molar-refractivity contribution is 0.206. The maximum absolute atomic E-state index is 5.34. The fourth-order valence-corrected chi connectivity index (χ4v) is 0.307. The Kier molecular flexibility index (Phi) is 3.58. The van der Waals surface area contributed by atoms with E-state index in [4.69, 9.17) is 11.6 Å². The maximum Gasteiger partial charge on any atom is 0.0626 e. The highest BCUT2D eigenvalue weighted by Gasteiger charge is 1.89. The summed E-state index contributed by atoms with van der Waals surface area (Å²) in [5.74, 6) is 0. The van der Waals surface area contributed by atoms with Crippen LogP contribution in [0, 0.1) is 6.92 Å². The van der Waals surface area contributed by atoms with Crippen molar-refractivity contribution in [1.82, 2.24) is 0 Å². The van der Waals surface area contributed by atoms with Gasteiger partial charge in [-0.05, 0) is 6.92 Å². The molecule has 0 saturated heterocycles. The van der Waals surface area contributed by atoms with Crippen molar-refractivity contribution in [2.45, 2.75) is 5.38 Å². The van der Waals surface area contributed by atoms with Gasteiger partial charge in [0.15, 0.2) is 0 Å². The second kappa shape index (κ2) is 3.44. The van der Waals surface area contributed by atoms with Crippen LogP contribution in [0.2, 0.25) is 0 Å². The van der Waals surface area contributed by atoms with E-state index >= 15 is 0 Å². The number of methoxy groups -OCH3 is 1. The van der Waals surface area contributed by atoms with Crippen LogP contribution in [0.15, 0.2) is 0 Å². The van der Waals surface area contributed by atoms with Crippen LogP contribution >= 0.6 is 11.6 Å². The van der Waals surface area contributed by atoms with Crippen LogP contribution in [-0.2, 0) is 4.74 Å². The van der Waals surface area contributed by atoms with Gasteiger partial charge in [0.1, 0.15) is 0 Å². The van der Waals surface area contributed by atoms with Gasteiger partial charge in [-0.1, -0.05) is 0 Å². The number of hydrogen-bond donors (Lipinski definition) is 0. The molecule has 0 aliphatic carbocycles. The first-order valence-corrected chi connectivity index (χ1v) is 2.17. The number of hydrogen-bond acceptors (Lipinski definition) is 1. The van der Waals surface area contributed by atoms with E-state index in [1.807, 2.05) is 0 Å². The molecule has 1 unspecified atom stereocenters. The molecule has 2 heteroatoms. The zero-order valence-electron chi connectivity index (χ0n) is 3.78. The van der Waals surface area contributed by atoms with E-state index in [0.717, 1.165) is 0 Å². The van der Waals surface area contributed by atoms with E-state index in [1.165, 1.54) is 0 Å². The zero-order chi connectivity index (χ0) is 4.99. The molecule has 1 atom stereocenters. The summed E-state index contributed by atoms with van der Waals surface area (Å²) in [6.07, 6.45) is 0. The van der Waals surface area contributed by atoms with Crippen molar-refractivity contribution in [3.8, 4) is 0 Å². The van der Waals surface area contributed by atoms with Gasteiger partial charge in [0.05, 0.1) is 12.0 Å². The topological polar surface area (TPSA) is 9.23 Å². The molecule has 0 aromatic heterocycles. The molecule has 1 radical (unpaired) electrons. The van der Waals surface area contributed by atoms with Crippen LogP contribution in [-0.4, -0.2) is 19.1 Å². The first-order chi connectivity index (χ1) is 2.77. The predicted molar refractivity (Wildman–Crippen MR) is 26.9 cm³/mol. The minimum atomic E-state index is -0.102. The van der Waals surface area contributed by atoms with Crippen LogP contribution in [0.4, 0.5) is 0 Å². The van der Waals surface area contributed by atoms with Gasteiger partial charge in [-0.15, -0.1) is 11.6 Å². The van der Waals surface area contributed by atoms with E-state index < -0.39 is 0 Å². The van der Waals surface area contributed by atoms with Gasteiger partial charge >= 0.3 is 0 Å². The second-order valence-corrected chi connectivity index (χ2v) is 1.67. The molecule has 0 aromatic carbocycles. The Labute approximate surface area is 43.3 Å². The van der Waals surface area contributed by atoms with E-state index in [2.05, 4.69) is 11.7 Å². The Hall–Kier alpha value is 0.250. The van der Waals surface area contributed by atoms with Crippen LogP contribution in [0.25, 0.3) is 0 Å². The van der Waals surface area contributed by atoms with Gasteiger partial charge in [-0.3, -0.25) is 0 Å². The Morgan fingerprint density at radius 3 is 2.50 bits per heavy atom. The standard InChI is InChI=1S/C4H8ClO/c1-4(5)3-6-2/h4H,1,3H2,2H3. The molecule has 0 heterocycles. The summed E-state index contributed by atoms with van der Waals surface area (Å²) in [5, 5.41) is -0.102. The molecular weight excluding hydrogens is 99.5 g/mol. The van der Waals surface area contributed by atoms with Gasteiger partial charge in [-0.25, -0.2) is 0 Å². The average Bonchev–Trinajstić information content (AvgIpc) is 1.35. The Morgan fingerprint density at radius 1 is 2.00 bits per heavy atom. The van der Waals surface area contributed by atoms with Crippen molar-refractivity contribution < 1.29 is 4.74 Å². The third-order valence-electron chi connectivity index (χ3n) is 0.348. The minimum Gasteiger partial charge on any atom is -0.383 e. The third-order valence-corrected chi connectivity index (χ3v) is 0.474. The second-order valence-electron chi connectivity index (χ2n) is 1.05. The van der Waals surface area contributed by atoms with E-state index in [0.29, 0.717) is 6.61 Å². The van der Waals surface area contributed by atoms with Crippen molar-refractivity contribution in [2.75, 3.05) is 13.7 Å². The highest BCUT2D eigenvalue weighted by Crippen LogP contribution is 1.89. The Balaban J connectivity index is 2.63. The molecule has 37 valence electrons. The summed E-state index contributed by atoms with van der Waals surface area (Å²) in [5.41, 5.74) is 0. The molecule has 0 fully saturated rings. The van der Waals surface area contributed by atoms with Gasteiger partial charge in [0, 0.05) is 7.11 Å². The van der Waals surface area contributed by atoms with Crippen LogP contribution in [0.5, 0.6) is 0 Å².